The highest BCUT2D eigenvalue weighted by molar-refractivity contribution is 6.08. The van der Waals surface area contributed by atoms with Crippen molar-refractivity contribution in [3.05, 3.63) is 47.9 Å². The summed E-state index contributed by atoms with van der Waals surface area (Å²) in [4.78, 5) is 20.3. The standard InChI is InChI=1S/C17H20N4O2/c1-2-23-17(22)14(11-18)12-19-9-4-6-15-8-7-13-5-3-10-20-16(13)21-15/h3,5,7-8,10-12,18-19H,2,4,6,9H2,1H3/p+1/b14-12+,18-11?. The summed E-state index contributed by atoms with van der Waals surface area (Å²) in [5.74, 6) is -0.457. The van der Waals surface area contributed by atoms with Gasteiger partial charge in [-0.1, -0.05) is 0 Å². The van der Waals surface area contributed by atoms with Gasteiger partial charge in [-0.25, -0.2) is 14.8 Å². The largest absolute Gasteiger partial charge is 0.462 e. The maximum absolute atomic E-state index is 11.5. The van der Waals surface area contributed by atoms with Crippen molar-refractivity contribution < 1.29 is 14.8 Å². The summed E-state index contributed by atoms with van der Waals surface area (Å²) in [6, 6.07) is 7.94. The maximum Gasteiger partial charge on any atom is 0.345 e. The molecule has 0 amide bonds. The summed E-state index contributed by atoms with van der Waals surface area (Å²) >= 11 is 0. The molecule has 3 N–H and O–H groups in total. The predicted octanol–water partition coefficient (Wildman–Crippen LogP) is 1.22. The molecule has 6 heteroatoms. The molecule has 0 radical (unpaired) electrons. The molecule has 2 heterocycles. The van der Waals surface area contributed by atoms with Crippen LogP contribution in [0.15, 0.2) is 42.2 Å². The molecule has 0 unspecified atom stereocenters. The fraction of sp³-hybridized carbons (Fsp3) is 0.294. The number of carbonyl (C=O) groups is 1. The predicted molar refractivity (Wildman–Crippen MR) is 88.2 cm³/mol. The lowest BCUT2D eigenvalue weighted by Crippen LogP contribution is -2.78. The number of aromatic nitrogens is 2. The van der Waals surface area contributed by atoms with Crippen molar-refractivity contribution in [3.8, 4) is 0 Å². The van der Waals surface area contributed by atoms with Crippen molar-refractivity contribution in [1.29, 1.82) is 5.41 Å². The Kier molecular flexibility index (Phi) is 6.38. The molecule has 0 spiro atoms. The second-order valence-corrected chi connectivity index (χ2v) is 4.97. The zero-order valence-electron chi connectivity index (χ0n) is 13.2. The van der Waals surface area contributed by atoms with Crippen LogP contribution < -0.4 is 5.32 Å². The fourth-order valence-electron chi connectivity index (χ4n) is 2.13. The molecule has 0 aliphatic heterocycles. The Morgan fingerprint density at radius 3 is 3.04 bits per heavy atom. The van der Waals surface area contributed by atoms with E-state index in [2.05, 4.69) is 9.97 Å². The molecule has 23 heavy (non-hydrogen) atoms. The third-order valence-electron chi connectivity index (χ3n) is 3.29. The van der Waals surface area contributed by atoms with E-state index in [1.54, 1.807) is 19.3 Å². The Balaban J connectivity index is 1.82. The van der Waals surface area contributed by atoms with Gasteiger partial charge < -0.3 is 15.5 Å². The first-order chi connectivity index (χ1) is 11.2. The van der Waals surface area contributed by atoms with E-state index in [0.29, 0.717) is 6.61 Å². The number of hydrogen-bond acceptors (Lipinski definition) is 5. The molecule has 0 aromatic carbocycles. The third-order valence-corrected chi connectivity index (χ3v) is 3.29. The molecule has 0 bridgehead atoms. The number of hydrogen-bond donors (Lipinski definition) is 2. The number of nitrogens with two attached hydrogens (primary N) is 1. The number of nitrogens with one attached hydrogen (secondary N) is 1. The Bertz CT molecular complexity index is 713. The molecule has 2 aromatic heterocycles. The number of fused-ring (bicyclic) bond motifs is 1. The Morgan fingerprint density at radius 1 is 1.39 bits per heavy atom. The van der Waals surface area contributed by atoms with Crippen molar-refractivity contribution in [2.45, 2.75) is 19.8 Å². The van der Waals surface area contributed by atoms with Crippen LogP contribution in [0.3, 0.4) is 0 Å². The molecule has 0 fully saturated rings. The summed E-state index contributed by atoms with van der Waals surface area (Å²) in [5.41, 5.74) is 2.04. The molecule has 0 saturated heterocycles. The Hall–Kier alpha value is -2.60. The summed E-state index contributed by atoms with van der Waals surface area (Å²) in [5, 5.41) is 10.2. The van der Waals surface area contributed by atoms with Gasteiger partial charge in [0.15, 0.2) is 5.65 Å². The van der Waals surface area contributed by atoms with Gasteiger partial charge in [-0.15, -0.1) is 0 Å². The zero-order chi connectivity index (χ0) is 16.5. The van der Waals surface area contributed by atoms with Crippen molar-refractivity contribution in [2.24, 2.45) is 0 Å². The molecular weight excluding hydrogens is 292 g/mol. The third kappa shape index (κ3) is 4.96. The van der Waals surface area contributed by atoms with Crippen LogP contribution in [-0.2, 0) is 16.0 Å². The maximum atomic E-state index is 11.5. The highest BCUT2D eigenvalue weighted by Gasteiger charge is 2.08. The van der Waals surface area contributed by atoms with Crippen LogP contribution in [0.4, 0.5) is 0 Å². The SMILES string of the molecule is CCOC(=O)/C(C=N)=C/[NH2+]CCCc1ccc2cccnc2n1. The van der Waals surface area contributed by atoms with E-state index < -0.39 is 5.97 Å². The lowest BCUT2D eigenvalue weighted by molar-refractivity contribution is -0.588. The average molecular weight is 313 g/mol. The minimum absolute atomic E-state index is 0.264. The molecule has 0 aliphatic rings. The van der Waals surface area contributed by atoms with Crippen LogP contribution in [0.25, 0.3) is 11.0 Å². The van der Waals surface area contributed by atoms with Gasteiger partial charge in [0.1, 0.15) is 11.8 Å². The van der Waals surface area contributed by atoms with E-state index in [4.69, 9.17) is 10.1 Å². The van der Waals surface area contributed by atoms with Gasteiger partial charge >= 0.3 is 5.97 Å². The lowest BCUT2D eigenvalue weighted by atomic mass is 10.2. The Morgan fingerprint density at radius 2 is 2.26 bits per heavy atom. The quantitative estimate of drug-likeness (QED) is 0.332. The number of aryl methyl sites for hydroxylation is 1. The van der Waals surface area contributed by atoms with E-state index in [9.17, 15) is 4.79 Å². The van der Waals surface area contributed by atoms with E-state index in [0.717, 1.165) is 42.3 Å². The number of rotatable bonds is 8. The van der Waals surface area contributed by atoms with Crippen LogP contribution in [0, 0.1) is 5.41 Å². The molecule has 6 nitrogen and oxygen atoms in total. The van der Waals surface area contributed by atoms with Gasteiger partial charge in [0.2, 0.25) is 0 Å². The number of quaternary nitrogens is 1. The zero-order valence-corrected chi connectivity index (χ0v) is 13.2. The number of carbonyl (C=O) groups excluding carboxylic acids is 1. The molecular formula is C17H21N4O2+. The minimum Gasteiger partial charge on any atom is -0.462 e. The normalized spacial score (nSPS) is 11.4. The highest BCUT2D eigenvalue weighted by atomic mass is 16.5. The van der Waals surface area contributed by atoms with Crippen molar-refractivity contribution in [2.75, 3.05) is 13.2 Å². The molecule has 2 aromatic rings. The second kappa shape index (κ2) is 8.75. The summed E-state index contributed by atoms with van der Waals surface area (Å²) in [6.07, 6.45) is 6.16. The van der Waals surface area contributed by atoms with E-state index in [1.165, 1.54) is 0 Å². The number of nitrogens with zero attached hydrogens (tertiary/aromatic N) is 2. The first-order valence-electron chi connectivity index (χ1n) is 7.66. The number of esters is 1. The van der Waals surface area contributed by atoms with Crippen LogP contribution in [0.1, 0.15) is 19.0 Å². The van der Waals surface area contributed by atoms with Crippen LogP contribution >= 0.6 is 0 Å². The molecule has 2 rings (SSSR count). The van der Waals surface area contributed by atoms with Crippen LogP contribution in [0.2, 0.25) is 0 Å². The summed E-state index contributed by atoms with van der Waals surface area (Å²) in [6.45, 7) is 2.86. The lowest BCUT2D eigenvalue weighted by Gasteiger charge is -2.02. The van der Waals surface area contributed by atoms with Gasteiger partial charge in [0.05, 0.1) is 13.2 Å². The van der Waals surface area contributed by atoms with Gasteiger partial charge in [0, 0.05) is 29.9 Å². The number of ether oxygens (including phenoxy) is 1. The second-order valence-electron chi connectivity index (χ2n) is 4.97. The summed E-state index contributed by atoms with van der Waals surface area (Å²) in [7, 11) is 0. The van der Waals surface area contributed by atoms with Gasteiger partial charge in [-0.3, -0.25) is 0 Å². The highest BCUT2D eigenvalue weighted by Crippen LogP contribution is 2.09. The van der Waals surface area contributed by atoms with Crippen molar-refractivity contribution in [1.82, 2.24) is 9.97 Å². The molecule has 0 saturated carbocycles. The first kappa shape index (κ1) is 16.8. The van der Waals surface area contributed by atoms with Gasteiger partial charge in [0.25, 0.3) is 0 Å². The minimum atomic E-state index is -0.457. The summed E-state index contributed by atoms with van der Waals surface area (Å²) < 4.78 is 4.87. The Labute approximate surface area is 135 Å². The average Bonchev–Trinajstić information content (AvgIpc) is 2.58. The molecule has 0 atom stereocenters. The van der Waals surface area contributed by atoms with E-state index in [1.807, 2.05) is 29.6 Å². The van der Waals surface area contributed by atoms with E-state index >= 15 is 0 Å². The van der Waals surface area contributed by atoms with Gasteiger partial charge in [-0.2, -0.15) is 0 Å². The monoisotopic (exact) mass is 313 g/mol. The number of pyridine rings is 2. The van der Waals surface area contributed by atoms with Crippen molar-refractivity contribution in [3.63, 3.8) is 0 Å². The van der Waals surface area contributed by atoms with Crippen molar-refractivity contribution >= 4 is 23.2 Å². The van der Waals surface area contributed by atoms with Gasteiger partial charge in [-0.05, 0) is 37.6 Å². The van der Waals surface area contributed by atoms with E-state index in [-0.39, 0.29) is 5.57 Å². The molecule has 0 aliphatic carbocycles. The first-order valence-corrected chi connectivity index (χ1v) is 7.66. The smallest absolute Gasteiger partial charge is 0.345 e. The fourth-order valence-corrected chi connectivity index (χ4v) is 2.13. The topological polar surface area (TPSA) is 92.5 Å². The van der Waals surface area contributed by atoms with Crippen LogP contribution in [-0.4, -0.2) is 35.3 Å². The molecule has 120 valence electrons. The van der Waals surface area contributed by atoms with Crippen LogP contribution in [0.5, 0.6) is 0 Å².